The molecule has 2 rings (SSSR count). The van der Waals surface area contributed by atoms with Gasteiger partial charge in [0, 0.05) is 6.04 Å². The molecule has 1 aliphatic rings. The number of rotatable bonds is 4. The lowest BCUT2D eigenvalue weighted by atomic mass is 9.96. The molecule has 1 aromatic rings. The monoisotopic (exact) mass is 370 g/mol. The molecule has 1 aromatic carbocycles. The van der Waals surface area contributed by atoms with E-state index in [1.807, 2.05) is 0 Å². The van der Waals surface area contributed by atoms with E-state index < -0.39 is 11.9 Å². The van der Waals surface area contributed by atoms with E-state index in [9.17, 15) is 9.59 Å². The maximum Gasteiger partial charge on any atom is 0.253 e. The van der Waals surface area contributed by atoms with E-state index in [2.05, 4.69) is 10.6 Å². The first-order chi connectivity index (χ1) is 11.5. The average Bonchev–Trinajstić information content (AvgIpc) is 2.52. The molecule has 132 valence electrons. The molecule has 2 amide bonds. The van der Waals surface area contributed by atoms with Crippen LogP contribution >= 0.6 is 23.2 Å². The van der Waals surface area contributed by atoms with Crippen LogP contribution in [0.25, 0.3) is 0 Å². The van der Waals surface area contributed by atoms with Crippen molar-refractivity contribution in [1.82, 2.24) is 10.6 Å². The van der Waals surface area contributed by atoms with Gasteiger partial charge in [0.15, 0.2) is 0 Å². The Kier molecular flexibility index (Phi) is 7.38. The number of halogens is 2. The van der Waals surface area contributed by atoms with Crippen LogP contribution in [0.5, 0.6) is 0 Å². The molecule has 1 aliphatic carbocycles. The molecule has 0 radical (unpaired) electrons. The van der Waals surface area contributed by atoms with Gasteiger partial charge in [0.2, 0.25) is 5.91 Å². The van der Waals surface area contributed by atoms with Gasteiger partial charge in [0.05, 0.1) is 15.6 Å². The van der Waals surface area contributed by atoms with E-state index in [1.165, 1.54) is 19.3 Å². The van der Waals surface area contributed by atoms with Crippen LogP contribution < -0.4 is 10.6 Å². The standard InChI is InChI=1S/C18H24Cl2N2O2/c1-12(17(23)22-13-8-5-3-2-4-6-9-13)21-18(24)14-10-7-11-15(19)16(14)20/h7,10-13H,2-6,8-9H2,1H3,(H,21,24)(H,22,23)/t12-/m1/s1. The Hall–Kier alpha value is -1.26. The Morgan fingerprint density at radius 2 is 1.71 bits per heavy atom. The smallest absolute Gasteiger partial charge is 0.253 e. The topological polar surface area (TPSA) is 58.2 Å². The van der Waals surface area contributed by atoms with Crippen molar-refractivity contribution in [3.63, 3.8) is 0 Å². The van der Waals surface area contributed by atoms with E-state index in [0.717, 1.165) is 25.7 Å². The lowest BCUT2D eigenvalue weighted by molar-refractivity contribution is -0.123. The minimum absolute atomic E-state index is 0.160. The van der Waals surface area contributed by atoms with Gasteiger partial charge in [-0.1, -0.05) is 61.4 Å². The zero-order valence-electron chi connectivity index (χ0n) is 13.9. The molecule has 24 heavy (non-hydrogen) atoms. The number of hydrogen-bond acceptors (Lipinski definition) is 2. The summed E-state index contributed by atoms with van der Waals surface area (Å²) in [5, 5.41) is 6.26. The second-order valence-electron chi connectivity index (χ2n) is 6.35. The number of hydrogen-bond donors (Lipinski definition) is 2. The fraction of sp³-hybridized carbons (Fsp3) is 0.556. The summed E-state index contributed by atoms with van der Waals surface area (Å²) in [5.41, 5.74) is 0.273. The Morgan fingerprint density at radius 1 is 1.08 bits per heavy atom. The molecule has 4 nitrogen and oxygen atoms in total. The average molecular weight is 371 g/mol. The quantitative estimate of drug-likeness (QED) is 0.827. The Bertz CT molecular complexity index is 584. The second kappa shape index (κ2) is 9.28. The zero-order chi connectivity index (χ0) is 17.5. The molecule has 6 heteroatoms. The first-order valence-corrected chi connectivity index (χ1v) is 9.30. The highest BCUT2D eigenvalue weighted by atomic mass is 35.5. The van der Waals surface area contributed by atoms with Gasteiger partial charge in [-0.2, -0.15) is 0 Å². The van der Waals surface area contributed by atoms with Gasteiger partial charge in [0.1, 0.15) is 6.04 Å². The summed E-state index contributed by atoms with van der Waals surface area (Å²) >= 11 is 12.0. The molecule has 1 saturated carbocycles. The van der Waals surface area contributed by atoms with Gasteiger partial charge in [-0.3, -0.25) is 9.59 Å². The Labute approximate surface area is 153 Å². The highest BCUT2D eigenvalue weighted by Crippen LogP contribution is 2.25. The van der Waals surface area contributed by atoms with Crippen molar-refractivity contribution in [2.45, 2.75) is 64.0 Å². The third kappa shape index (κ3) is 5.38. The van der Waals surface area contributed by atoms with E-state index in [4.69, 9.17) is 23.2 Å². The van der Waals surface area contributed by atoms with E-state index in [-0.39, 0.29) is 22.5 Å². The summed E-state index contributed by atoms with van der Waals surface area (Å²) in [5.74, 6) is -0.560. The van der Waals surface area contributed by atoms with Crippen molar-refractivity contribution >= 4 is 35.0 Å². The first-order valence-electron chi connectivity index (χ1n) is 8.54. The van der Waals surface area contributed by atoms with Gasteiger partial charge in [0.25, 0.3) is 5.91 Å². The molecule has 0 heterocycles. The predicted molar refractivity (Wildman–Crippen MR) is 97.6 cm³/mol. The molecule has 0 bridgehead atoms. The minimum atomic E-state index is -0.627. The largest absolute Gasteiger partial charge is 0.352 e. The summed E-state index contributed by atoms with van der Waals surface area (Å²) < 4.78 is 0. The SMILES string of the molecule is C[C@@H](NC(=O)c1cccc(Cl)c1Cl)C(=O)NC1CCCCCCC1. The van der Waals surface area contributed by atoms with Crippen molar-refractivity contribution in [2.75, 3.05) is 0 Å². The summed E-state index contributed by atoms with van der Waals surface area (Å²) in [6.07, 6.45) is 8.04. The molecule has 0 aromatic heterocycles. The van der Waals surface area contributed by atoms with E-state index in [1.54, 1.807) is 25.1 Å². The van der Waals surface area contributed by atoms with Gasteiger partial charge in [-0.25, -0.2) is 0 Å². The van der Waals surface area contributed by atoms with Crippen LogP contribution in [0, 0.1) is 0 Å². The lowest BCUT2D eigenvalue weighted by Crippen LogP contribution is -2.48. The summed E-state index contributed by atoms with van der Waals surface area (Å²) in [6.45, 7) is 1.68. The zero-order valence-corrected chi connectivity index (χ0v) is 15.4. The maximum absolute atomic E-state index is 12.3. The molecule has 0 spiro atoms. The molecular weight excluding hydrogens is 347 g/mol. The van der Waals surface area contributed by atoms with Crippen molar-refractivity contribution in [3.05, 3.63) is 33.8 Å². The van der Waals surface area contributed by atoms with Gasteiger partial charge < -0.3 is 10.6 Å². The summed E-state index contributed by atoms with van der Waals surface area (Å²) in [6, 6.07) is 4.43. The number of amides is 2. The highest BCUT2D eigenvalue weighted by Gasteiger charge is 2.21. The van der Waals surface area contributed by atoms with Gasteiger partial charge in [-0.15, -0.1) is 0 Å². The lowest BCUT2D eigenvalue weighted by Gasteiger charge is -2.23. The van der Waals surface area contributed by atoms with E-state index in [0.29, 0.717) is 5.02 Å². The van der Waals surface area contributed by atoms with Crippen LogP contribution in [0.4, 0.5) is 0 Å². The second-order valence-corrected chi connectivity index (χ2v) is 7.13. The maximum atomic E-state index is 12.3. The molecule has 0 aliphatic heterocycles. The Balaban J connectivity index is 1.90. The number of carbonyl (C=O) groups is 2. The highest BCUT2D eigenvalue weighted by molar-refractivity contribution is 6.43. The third-order valence-corrected chi connectivity index (χ3v) is 5.21. The third-order valence-electron chi connectivity index (χ3n) is 4.39. The predicted octanol–water partition coefficient (Wildman–Crippen LogP) is 4.34. The van der Waals surface area contributed by atoms with Crippen LogP contribution in [0.2, 0.25) is 10.0 Å². The molecule has 2 N–H and O–H groups in total. The minimum Gasteiger partial charge on any atom is -0.352 e. The van der Waals surface area contributed by atoms with Gasteiger partial charge >= 0.3 is 0 Å². The molecule has 0 saturated heterocycles. The van der Waals surface area contributed by atoms with Crippen LogP contribution in [-0.4, -0.2) is 23.9 Å². The number of nitrogens with one attached hydrogen (secondary N) is 2. The van der Waals surface area contributed by atoms with Crippen molar-refractivity contribution in [1.29, 1.82) is 0 Å². The van der Waals surface area contributed by atoms with Crippen LogP contribution in [0.3, 0.4) is 0 Å². The Morgan fingerprint density at radius 3 is 2.38 bits per heavy atom. The summed E-state index contributed by atoms with van der Waals surface area (Å²) in [7, 11) is 0. The molecular formula is C18H24Cl2N2O2. The van der Waals surface area contributed by atoms with Crippen molar-refractivity contribution < 1.29 is 9.59 Å². The van der Waals surface area contributed by atoms with Gasteiger partial charge in [-0.05, 0) is 31.9 Å². The molecule has 1 fully saturated rings. The normalized spacial score (nSPS) is 17.5. The van der Waals surface area contributed by atoms with E-state index >= 15 is 0 Å². The number of carbonyl (C=O) groups excluding carboxylic acids is 2. The van der Waals surface area contributed by atoms with Crippen LogP contribution in [0.15, 0.2) is 18.2 Å². The fourth-order valence-corrected chi connectivity index (χ4v) is 3.33. The van der Waals surface area contributed by atoms with Crippen molar-refractivity contribution in [3.8, 4) is 0 Å². The first kappa shape index (κ1) is 19.1. The molecule has 0 unspecified atom stereocenters. The van der Waals surface area contributed by atoms with Crippen LogP contribution in [0.1, 0.15) is 62.2 Å². The number of benzene rings is 1. The summed E-state index contributed by atoms with van der Waals surface area (Å²) in [4.78, 5) is 24.6. The fourth-order valence-electron chi connectivity index (χ4n) is 2.95. The van der Waals surface area contributed by atoms with Crippen LogP contribution in [-0.2, 0) is 4.79 Å². The molecule has 1 atom stereocenters. The van der Waals surface area contributed by atoms with Crippen molar-refractivity contribution in [2.24, 2.45) is 0 Å².